The number of rotatable bonds is 9. The highest BCUT2D eigenvalue weighted by atomic mass is 32.1. The molecule has 1 unspecified atom stereocenters. The Morgan fingerprint density at radius 3 is 2.92 bits per heavy atom. The standard InChI is InChI=1S/C26H30N6O4S/c1-2-36-22(33)10-5-11-29-24(34)21-13-20-23(37-21)25(35)32(15-18-8-4-3-7-17(18)14-27)26(30-20)31-12-6-9-19(28)16-31/h3-4,7-8,13,19H,2,5-6,9-12,15-16,28H2,1H3,(H,29,34). The summed E-state index contributed by atoms with van der Waals surface area (Å²) in [6.45, 7) is 3.84. The summed E-state index contributed by atoms with van der Waals surface area (Å²) in [5, 5.41) is 12.3. The number of anilines is 1. The predicted octanol–water partition coefficient (Wildman–Crippen LogP) is 2.38. The summed E-state index contributed by atoms with van der Waals surface area (Å²) in [5.41, 5.74) is 7.61. The lowest BCUT2D eigenvalue weighted by Crippen LogP contribution is -2.45. The first-order valence-electron chi connectivity index (χ1n) is 12.4. The maximum Gasteiger partial charge on any atom is 0.305 e. The molecule has 1 amide bonds. The maximum absolute atomic E-state index is 13.7. The molecule has 0 spiro atoms. The van der Waals surface area contributed by atoms with Gasteiger partial charge in [-0.2, -0.15) is 5.26 Å². The summed E-state index contributed by atoms with van der Waals surface area (Å²) < 4.78 is 6.85. The second-order valence-corrected chi connectivity index (χ2v) is 9.96. The molecule has 10 nitrogen and oxygen atoms in total. The number of amides is 1. The van der Waals surface area contributed by atoms with Gasteiger partial charge in [-0.3, -0.25) is 19.0 Å². The van der Waals surface area contributed by atoms with E-state index in [-0.39, 0.29) is 36.4 Å². The summed E-state index contributed by atoms with van der Waals surface area (Å²) in [4.78, 5) is 45.2. The van der Waals surface area contributed by atoms with E-state index in [0.717, 1.165) is 24.2 Å². The summed E-state index contributed by atoms with van der Waals surface area (Å²) in [7, 11) is 0. The Hall–Kier alpha value is -3.75. The molecule has 1 atom stereocenters. The second kappa shape index (κ2) is 12.0. The van der Waals surface area contributed by atoms with Crippen LogP contribution in [0.5, 0.6) is 0 Å². The van der Waals surface area contributed by atoms with Gasteiger partial charge in [-0.15, -0.1) is 11.3 Å². The molecule has 1 fully saturated rings. The smallest absolute Gasteiger partial charge is 0.305 e. The van der Waals surface area contributed by atoms with E-state index in [1.54, 1.807) is 29.7 Å². The highest BCUT2D eigenvalue weighted by molar-refractivity contribution is 7.20. The minimum atomic E-state index is -0.325. The molecule has 37 heavy (non-hydrogen) atoms. The van der Waals surface area contributed by atoms with Crippen molar-refractivity contribution in [2.45, 2.75) is 45.2 Å². The first-order valence-corrected chi connectivity index (χ1v) is 13.2. The molecule has 1 aliphatic heterocycles. The largest absolute Gasteiger partial charge is 0.466 e. The number of carbonyl (C=O) groups excluding carboxylic acids is 2. The first kappa shape index (κ1) is 26.3. The molecule has 11 heteroatoms. The SMILES string of the molecule is CCOC(=O)CCCNC(=O)c1cc2nc(N3CCCC(N)C3)n(Cc3ccccc3C#N)c(=O)c2s1. The number of carbonyl (C=O) groups is 2. The van der Waals surface area contributed by atoms with E-state index in [1.807, 2.05) is 17.0 Å². The fraction of sp³-hybridized carbons (Fsp3) is 0.423. The fourth-order valence-electron chi connectivity index (χ4n) is 4.38. The molecule has 2 aromatic heterocycles. The number of hydrogen-bond donors (Lipinski definition) is 2. The van der Waals surface area contributed by atoms with Gasteiger partial charge in [0.25, 0.3) is 11.5 Å². The molecule has 0 radical (unpaired) electrons. The van der Waals surface area contributed by atoms with Gasteiger partial charge in [-0.25, -0.2) is 4.98 Å². The van der Waals surface area contributed by atoms with Gasteiger partial charge >= 0.3 is 5.97 Å². The lowest BCUT2D eigenvalue weighted by atomic mass is 10.1. The molecule has 0 aliphatic carbocycles. The van der Waals surface area contributed by atoms with Crippen LogP contribution < -0.4 is 21.5 Å². The third-order valence-electron chi connectivity index (χ3n) is 6.19. The Kier molecular flexibility index (Phi) is 8.53. The molecule has 1 aromatic carbocycles. The Morgan fingerprint density at radius 2 is 2.16 bits per heavy atom. The minimum Gasteiger partial charge on any atom is -0.466 e. The van der Waals surface area contributed by atoms with E-state index >= 15 is 0 Å². The summed E-state index contributed by atoms with van der Waals surface area (Å²) in [6, 6.07) is 10.9. The van der Waals surface area contributed by atoms with Crippen LogP contribution in [0.3, 0.4) is 0 Å². The Bertz CT molecular complexity index is 1390. The molecule has 0 bridgehead atoms. The molecule has 1 aliphatic rings. The van der Waals surface area contributed by atoms with E-state index in [2.05, 4.69) is 11.4 Å². The van der Waals surface area contributed by atoms with Gasteiger partial charge in [0.05, 0.1) is 35.2 Å². The van der Waals surface area contributed by atoms with Gasteiger partial charge in [-0.05, 0) is 43.9 Å². The van der Waals surface area contributed by atoms with Crippen LogP contribution in [0.25, 0.3) is 10.2 Å². The molecular formula is C26H30N6O4S. The van der Waals surface area contributed by atoms with Crippen molar-refractivity contribution in [1.82, 2.24) is 14.9 Å². The minimum absolute atomic E-state index is 0.0281. The van der Waals surface area contributed by atoms with Crippen molar-refractivity contribution in [3.05, 3.63) is 56.7 Å². The van der Waals surface area contributed by atoms with Gasteiger partial charge in [0.2, 0.25) is 5.95 Å². The van der Waals surface area contributed by atoms with Crippen molar-refractivity contribution < 1.29 is 14.3 Å². The highest BCUT2D eigenvalue weighted by Gasteiger charge is 2.24. The number of ether oxygens (including phenoxy) is 1. The number of aromatic nitrogens is 2. The zero-order chi connectivity index (χ0) is 26.4. The molecule has 3 aromatic rings. The van der Waals surface area contributed by atoms with Gasteiger partial charge in [0, 0.05) is 32.1 Å². The van der Waals surface area contributed by atoms with Crippen molar-refractivity contribution in [2.24, 2.45) is 5.73 Å². The van der Waals surface area contributed by atoms with Crippen LogP contribution in [0.1, 0.15) is 53.4 Å². The number of thiophene rings is 1. The van der Waals surface area contributed by atoms with Crippen LogP contribution in [-0.4, -0.2) is 53.7 Å². The second-order valence-electron chi connectivity index (χ2n) is 8.91. The maximum atomic E-state index is 13.7. The monoisotopic (exact) mass is 522 g/mol. The van der Waals surface area contributed by atoms with Crippen molar-refractivity contribution in [2.75, 3.05) is 31.1 Å². The summed E-state index contributed by atoms with van der Waals surface area (Å²) in [5.74, 6) is -0.139. The van der Waals surface area contributed by atoms with Crippen molar-refractivity contribution >= 4 is 39.4 Å². The average molecular weight is 523 g/mol. The summed E-state index contributed by atoms with van der Waals surface area (Å²) >= 11 is 1.09. The molecular weight excluding hydrogens is 492 g/mol. The van der Waals surface area contributed by atoms with Crippen LogP contribution in [0.4, 0.5) is 5.95 Å². The number of benzene rings is 1. The van der Waals surface area contributed by atoms with Crippen molar-refractivity contribution in [3.8, 4) is 6.07 Å². The molecule has 3 heterocycles. The average Bonchev–Trinajstić information content (AvgIpc) is 3.33. The number of esters is 1. The normalized spacial score (nSPS) is 15.4. The number of fused-ring (bicyclic) bond motifs is 1. The molecule has 4 rings (SSSR count). The summed E-state index contributed by atoms with van der Waals surface area (Å²) in [6.07, 6.45) is 2.46. The Labute approximate surface area is 218 Å². The predicted molar refractivity (Wildman–Crippen MR) is 142 cm³/mol. The van der Waals surface area contributed by atoms with E-state index < -0.39 is 0 Å². The van der Waals surface area contributed by atoms with Crippen molar-refractivity contribution in [1.29, 1.82) is 5.26 Å². The quantitative estimate of drug-likeness (QED) is 0.322. The fourth-order valence-corrected chi connectivity index (χ4v) is 5.34. The zero-order valence-electron chi connectivity index (χ0n) is 20.7. The molecule has 3 N–H and O–H groups in total. The van der Waals surface area contributed by atoms with Crippen LogP contribution >= 0.6 is 11.3 Å². The van der Waals surface area contributed by atoms with Crippen LogP contribution in [0, 0.1) is 11.3 Å². The van der Waals surface area contributed by atoms with Crippen LogP contribution in [-0.2, 0) is 16.1 Å². The van der Waals surface area contributed by atoms with Crippen LogP contribution in [0.15, 0.2) is 35.1 Å². The van der Waals surface area contributed by atoms with E-state index in [0.29, 0.717) is 64.8 Å². The first-order chi connectivity index (χ1) is 17.9. The highest BCUT2D eigenvalue weighted by Crippen LogP contribution is 2.26. The van der Waals surface area contributed by atoms with Gasteiger partial charge in [0.1, 0.15) is 4.70 Å². The number of nitrogens with two attached hydrogens (primary N) is 1. The van der Waals surface area contributed by atoms with Gasteiger partial charge in [0.15, 0.2) is 0 Å². The molecule has 1 saturated heterocycles. The Morgan fingerprint density at radius 1 is 1.35 bits per heavy atom. The zero-order valence-corrected chi connectivity index (χ0v) is 21.6. The topological polar surface area (TPSA) is 143 Å². The lowest BCUT2D eigenvalue weighted by molar-refractivity contribution is -0.143. The third-order valence-corrected chi connectivity index (χ3v) is 7.30. The van der Waals surface area contributed by atoms with Gasteiger partial charge < -0.3 is 20.7 Å². The van der Waals surface area contributed by atoms with E-state index in [9.17, 15) is 19.6 Å². The lowest BCUT2D eigenvalue weighted by Gasteiger charge is -2.33. The number of nitrogens with one attached hydrogen (secondary N) is 1. The molecule has 194 valence electrons. The van der Waals surface area contributed by atoms with Crippen LogP contribution in [0.2, 0.25) is 0 Å². The van der Waals surface area contributed by atoms with Gasteiger partial charge in [-0.1, -0.05) is 18.2 Å². The molecule has 0 saturated carbocycles. The number of nitriles is 1. The van der Waals surface area contributed by atoms with E-state index in [1.165, 1.54) is 0 Å². The third kappa shape index (κ3) is 6.15. The number of piperidine rings is 1. The van der Waals surface area contributed by atoms with E-state index in [4.69, 9.17) is 15.5 Å². The Balaban J connectivity index is 1.65. The van der Waals surface area contributed by atoms with Crippen molar-refractivity contribution in [3.63, 3.8) is 0 Å². The number of hydrogen-bond acceptors (Lipinski definition) is 9. The number of nitrogens with zero attached hydrogens (tertiary/aromatic N) is 4.